The zero-order chi connectivity index (χ0) is 98.9. The molecule has 0 saturated carbocycles. The first-order valence-electron chi connectivity index (χ1n) is 51.3. The highest BCUT2D eigenvalue weighted by atomic mass is 16.6. The van der Waals surface area contributed by atoms with Gasteiger partial charge in [-0.3, -0.25) is 19.2 Å². The van der Waals surface area contributed by atoms with Crippen molar-refractivity contribution < 1.29 is 47.4 Å². The summed E-state index contributed by atoms with van der Waals surface area (Å²) in [6, 6.07) is 75.7. The number of ether oxygens (including phenoxy) is 9. The standard InChI is InChI=1S/C35H38N4O3.C32H38N4O5.C27H30N4O3.C22H21N3O3/c40-34-23-30(39-16-18-41-19-17-39)22-32(37-34)31-10-4-8-26-20-27-21-28(11-12-33(27)42-35(26)31)36-29-9-5-14-38(24-29)15-13-25-6-2-1-3-7-25;1-32(2,3)41-31(38)36-11-5-7-24(20-36)33-23-9-10-28-22(17-23)16-21-6-4-8-26(30(21)40-28)27-18-25(19-29(37)34-27)35-12-14-39-15-13-35;32-26-16-22(31-9-11-33-12-10-31)15-24(30-26)23-5-1-3-18-13-19-14-20(6-7-25(19)34-27(18)23)29-21-4-2-8-28-17-21;23-16-4-5-20-15(11-16)10-14-2-1-3-18(22(14)28-20)19-12-17(13-21(26)24-19)25-6-8-27-9-7-25/h1-4,6-8,10-12,21-23,29,36H,5,9,13-20,24H2,(H,37,40);4,6,8-10,17-19,24,33H,5,7,11-16,20H2,1-3H3,(H,34,37);1,3,5-7,14-16,21,28-29H,2,4,8-13,17H2,(H,30,32);1-5,11-13H,6-10,23H2,(H,24,26). The quantitative estimate of drug-likeness (QED) is 0.0382. The number of nitrogens with one attached hydrogen (secondary N) is 8. The summed E-state index contributed by atoms with van der Waals surface area (Å²) in [5.41, 5.74) is 29.5. The smallest absolute Gasteiger partial charge is 0.410 e. The number of carbonyl (C=O) groups is 1. The summed E-state index contributed by atoms with van der Waals surface area (Å²) in [7, 11) is 0. The van der Waals surface area contributed by atoms with Crippen LogP contribution in [0.1, 0.15) is 109 Å². The molecule has 11 aliphatic rings. The highest BCUT2D eigenvalue weighted by Gasteiger charge is 2.33. The number of aromatic amines is 4. The Labute approximate surface area is 843 Å². The van der Waals surface area contributed by atoms with E-state index in [0.717, 1.165) is 293 Å². The van der Waals surface area contributed by atoms with Crippen molar-refractivity contribution in [1.82, 2.24) is 35.1 Å². The molecule has 0 aliphatic carbocycles. The third kappa shape index (κ3) is 23.4. The number of nitrogens with two attached hydrogens (primary N) is 1. The van der Waals surface area contributed by atoms with Gasteiger partial charge in [0.15, 0.2) is 0 Å². The number of aromatic nitrogens is 4. The fraction of sp³-hybridized carbons (Fsp3) is 0.353. The number of likely N-dealkylation sites (tertiary alicyclic amines) is 2. The normalized spacial score (nSPS) is 18.3. The van der Waals surface area contributed by atoms with Crippen molar-refractivity contribution in [1.29, 1.82) is 0 Å². The van der Waals surface area contributed by atoms with Crippen LogP contribution in [0.15, 0.2) is 244 Å². The summed E-state index contributed by atoms with van der Waals surface area (Å²) in [6.45, 7) is 24.0. The van der Waals surface area contributed by atoms with E-state index in [9.17, 15) is 24.0 Å². The first-order valence-corrected chi connectivity index (χ1v) is 51.3. The van der Waals surface area contributed by atoms with Gasteiger partial charge in [-0.05, 0) is 228 Å². The maximum Gasteiger partial charge on any atom is 0.410 e. The Hall–Kier alpha value is -14.6. The van der Waals surface area contributed by atoms with E-state index in [2.05, 4.69) is 175 Å². The highest BCUT2D eigenvalue weighted by Crippen LogP contribution is 2.49. The monoisotopic (exact) mass is 1950 g/mol. The topological polar surface area (TPSA) is 325 Å². The number of pyridine rings is 4. The van der Waals surface area contributed by atoms with E-state index in [1.807, 2.05) is 112 Å². The van der Waals surface area contributed by atoms with Gasteiger partial charge in [-0.1, -0.05) is 78.9 Å². The van der Waals surface area contributed by atoms with Gasteiger partial charge in [0.1, 0.15) is 51.6 Å². The second-order valence-corrected chi connectivity index (χ2v) is 40.1. The lowest BCUT2D eigenvalue weighted by molar-refractivity contribution is 0.0206. The van der Waals surface area contributed by atoms with Crippen LogP contribution >= 0.6 is 0 Å². The lowest BCUT2D eigenvalue weighted by Crippen LogP contribution is -2.47. The number of amides is 1. The molecule has 3 unspecified atom stereocenters. The molecular formula is C116H127N15O14. The number of nitrogen functional groups attached to an aromatic ring is 1. The second-order valence-electron chi connectivity index (χ2n) is 40.1. The van der Waals surface area contributed by atoms with E-state index in [1.54, 1.807) is 29.2 Å². The van der Waals surface area contributed by atoms with Crippen molar-refractivity contribution in [3.8, 4) is 91.0 Å². The first kappa shape index (κ1) is 96.5. The van der Waals surface area contributed by atoms with E-state index < -0.39 is 5.60 Å². The van der Waals surface area contributed by atoms with Gasteiger partial charge in [0, 0.05) is 243 Å². The van der Waals surface area contributed by atoms with Crippen molar-refractivity contribution in [2.24, 2.45) is 0 Å². The van der Waals surface area contributed by atoms with E-state index in [0.29, 0.717) is 78.0 Å². The Bertz CT molecular complexity index is 7090. The predicted octanol–water partition coefficient (Wildman–Crippen LogP) is 18.0. The Morgan fingerprint density at radius 2 is 0.724 bits per heavy atom. The average molecular weight is 1960 g/mol. The van der Waals surface area contributed by atoms with Crippen molar-refractivity contribution >= 4 is 51.6 Å². The number of H-pyrrole nitrogens is 4. The number of benzene rings is 9. The molecule has 29 nitrogen and oxygen atoms in total. The Morgan fingerprint density at radius 1 is 0.372 bits per heavy atom. The molecule has 7 saturated heterocycles. The van der Waals surface area contributed by atoms with Crippen LogP contribution in [-0.2, 0) is 55.8 Å². The van der Waals surface area contributed by atoms with Gasteiger partial charge in [0.05, 0.1) is 75.6 Å². The maximum atomic E-state index is 12.7. The number of fused-ring (bicyclic) bond motifs is 8. The van der Waals surface area contributed by atoms with Crippen molar-refractivity contribution in [3.05, 3.63) is 316 Å². The van der Waals surface area contributed by atoms with Gasteiger partial charge in [0.2, 0.25) is 22.2 Å². The lowest BCUT2D eigenvalue weighted by Gasteiger charge is -2.35. The first-order chi connectivity index (χ1) is 70.8. The van der Waals surface area contributed by atoms with E-state index in [-0.39, 0.29) is 34.4 Å². The van der Waals surface area contributed by atoms with E-state index in [4.69, 9.17) is 48.4 Å². The predicted molar refractivity (Wildman–Crippen MR) is 571 cm³/mol. The average Bonchev–Trinajstić information content (AvgIpc) is 0.776. The molecule has 4 aromatic heterocycles. The molecule has 3 atom stereocenters. The van der Waals surface area contributed by atoms with Gasteiger partial charge in [0.25, 0.3) is 0 Å². The molecule has 750 valence electrons. The molecule has 13 aromatic rings. The van der Waals surface area contributed by atoms with Crippen LogP contribution < -0.4 is 87.8 Å². The number of nitrogens with zero attached hydrogens (tertiary/aromatic N) is 6. The summed E-state index contributed by atoms with van der Waals surface area (Å²) in [5, 5.41) is 14.6. The second kappa shape index (κ2) is 43.9. The third-order valence-corrected chi connectivity index (χ3v) is 28.6. The van der Waals surface area contributed by atoms with Crippen molar-refractivity contribution in [3.63, 3.8) is 0 Å². The molecule has 0 bridgehead atoms. The van der Waals surface area contributed by atoms with Crippen LogP contribution in [0.2, 0.25) is 0 Å². The minimum Gasteiger partial charge on any atom is -0.456 e. The van der Waals surface area contributed by atoms with Crippen molar-refractivity contribution in [2.75, 3.05) is 192 Å². The molecule has 145 heavy (non-hydrogen) atoms. The summed E-state index contributed by atoms with van der Waals surface area (Å²) in [4.78, 5) is 88.0. The SMILES string of the molecule is CC(C)(C)OC(=O)N1CCCC(Nc2ccc3c(c2)Cc2cccc(-c4cc(N5CCOCC5)cc(=O)[nH]4)c2O3)C1.Nc1ccc2c(c1)Cc1cccc(-c3cc(N4CCOCC4)cc(=O)[nH]3)c1O2.O=c1cc(N2CCOCC2)cc(-c2cccc3c2Oc2ccc(NC4CCCN(CCc5ccccc5)C4)cc2C3)[nH]1.O=c1cc(N2CCOCC2)cc(-c2cccc3c2Oc2ccc(NC4CCCNC4)cc2C3)[nH]1. The molecular weight excluding hydrogens is 1830 g/mol. The molecule has 0 radical (unpaired) electrons. The molecule has 10 N–H and O–H groups in total. The van der Waals surface area contributed by atoms with Gasteiger partial charge < -0.3 is 119 Å². The fourth-order valence-corrected chi connectivity index (χ4v) is 21.3. The largest absolute Gasteiger partial charge is 0.456 e. The Morgan fingerprint density at radius 3 is 1.10 bits per heavy atom. The molecule has 24 rings (SSSR count). The Balaban J connectivity index is 0.000000115. The third-order valence-electron chi connectivity index (χ3n) is 28.6. The van der Waals surface area contributed by atoms with E-state index >= 15 is 0 Å². The lowest BCUT2D eigenvalue weighted by atomic mass is 9.96. The van der Waals surface area contributed by atoms with Gasteiger partial charge in [-0.25, -0.2) is 4.79 Å². The summed E-state index contributed by atoms with van der Waals surface area (Å²) < 4.78 is 53.1. The number of para-hydroxylation sites is 4. The maximum absolute atomic E-state index is 12.7. The molecule has 7 fully saturated rings. The fourth-order valence-electron chi connectivity index (χ4n) is 21.3. The zero-order valence-electron chi connectivity index (χ0n) is 82.6. The van der Waals surface area contributed by atoms with Gasteiger partial charge in [-0.2, -0.15) is 0 Å². The van der Waals surface area contributed by atoms with Crippen molar-refractivity contribution in [2.45, 2.75) is 115 Å². The van der Waals surface area contributed by atoms with Crippen LogP contribution in [0.4, 0.5) is 50.3 Å². The molecule has 9 aromatic carbocycles. The number of carbonyl (C=O) groups excluding carboxylic acids is 1. The van der Waals surface area contributed by atoms with E-state index in [1.165, 1.54) is 48.9 Å². The minimum atomic E-state index is -0.507. The summed E-state index contributed by atoms with van der Waals surface area (Å²) >= 11 is 0. The highest BCUT2D eigenvalue weighted by molar-refractivity contribution is 5.80. The summed E-state index contributed by atoms with van der Waals surface area (Å²) in [5.74, 6) is 6.57. The van der Waals surface area contributed by atoms with Crippen LogP contribution in [0.25, 0.3) is 45.0 Å². The minimum absolute atomic E-state index is 0.110. The summed E-state index contributed by atoms with van der Waals surface area (Å²) in [6.07, 6.45) is 10.6. The van der Waals surface area contributed by atoms with Crippen LogP contribution in [0.3, 0.4) is 0 Å². The zero-order valence-corrected chi connectivity index (χ0v) is 82.6. The number of piperidine rings is 3. The number of hydrogen-bond donors (Lipinski definition) is 9. The van der Waals surface area contributed by atoms with Gasteiger partial charge in [-0.15, -0.1) is 0 Å². The van der Waals surface area contributed by atoms with Crippen LogP contribution in [0.5, 0.6) is 46.0 Å². The van der Waals surface area contributed by atoms with Crippen LogP contribution in [0, 0.1) is 0 Å². The number of anilines is 8. The Kier molecular flexibility index (Phi) is 29.2. The number of hydrogen-bond acceptors (Lipinski definition) is 24. The number of morpholine rings is 4. The molecule has 0 spiro atoms. The molecule has 29 heteroatoms. The molecule has 1 amide bonds. The van der Waals surface area contributed by atoms with Crippen LogP contribution in [-0.4, -0.2) is 211 Å². The van der Waals surface area contributed by atoms with Gasteiger partial charge >= 0.3 is 6.09 Å². The molecule has 15 heterocycles. The number of rotatable bonds is 17. The molecule has 11 aliphatic heterocycles.